The molecule has 1 N–H and O–H groups in total. The quantitative estimate of drug-likeness (QED) is 0.843. The van der Waals surface area contributed by atoms with E-state index in [1.54, 1.807) is 11.3 Å². The molecule has 4 nitrogen and oxygen atoms in total. The fourth-order valence-corrected chi connectivity index (χ4v) is 5.49. The lowest BCUT2D eigenvalue weighted by molar-refractivity contribution is -0.117. The Labute approximate surface area is 161 Å². The van der Waals surface area contributed by atoms with Crippen LogP contribution < -0.4 is 5.32 Å². The van der Waals surface area contributed by atoms with Crippen molar-refractivity contribution in [3.05, 3.63) is 16.0 Å². The number of nitrogens with one attached hydrogen (secondary N) is 1. The minimum Gasteiger partial charge on any atom is -0.315 e. The lowest BCUT2D eigenvalue weighted by atomic mass is 9.72. The zero-order chi connectivity index (χ0) is 18.7. The van der Waals surface area contributed by atoms with E-state index >= 15 is 0 Å². The van der Waals surface area contributed by atoms with E-state index in [4.69, 9.17) is 0 Å². The second-order valence-corrected chi connectivity index (χ2v) is 9.97. The second-order valence-electron chi connectivity index (χ2n) is 8.86. The lowest BCUT2D eigenvalue weighted by Crippen LogP contribution is -2.33. The normalized spacial score (nSPS) is 21.5. The third kappa shape index (κ3) is 4.47. The summed E-state index contributed by atoms with van der Waals surface area (Å²) < 4.78 is 0. The number of hydrogen-bond acceptors (Lipinski definition) is 4. The molecule has 0 radical (unpaired) electrons. The molecule has 1 atom stereocenters. The predicted molar refractivity (Wildman–Crippen MR) is 108 cm³/mol. The largest absolute Gasteiger partial charge is 0.315 e. The van der Waals surface area contributed by atoms with Gasteiger partial charge >= 0.3 is 0 Å². The Morgan fingerprint density at radius 2 is 1.96 bits per heavy atom. The third-order valence-corrected chi connectivity index (χ3v) is 7.09. The molecule has 1 aromatic rings. The lowest BCUT2D eigenvalue weighted by Gasteiger charge is -2.33. The zero-order valence-electron chi connectivity index (χ0n) is 16.4. The van der Waals surface area contributed by atoms with Gasteiger partial charge in [0.15, 0.2) is 0 Å². The fourth-order valence-electron chi connectivity index (χ4n) is 4.20. The highest BCUT2D eigenvalue weighted by Gasteiger charge is 2.32. The van der Waals surface area contributed by atoms with E-state index in [0.717, 1.165) is 37.4 Å². The molecular weight excluding hydrogens is 342 g/mol. The van der Waals surface area contributed by atoms with Gasteiger partial charge in [0.25, 0.3) is 0 Å². The van der Waals surface area contributed by atoms with Gasteiger partial charge in [0.1, 0.15) is 11.1 Å². The number of likely N-dealkylation sites (tertiary alicyclic amines) is 1. The van der Waals surface area contributed by atoms with Gasteiger partial charge in [0, 0.05) is 4.88 Å². The molecule has 5 heteroatoms. The number of thiophene rings is 1. The average Bonchev–Trinajstić information content (AvgIpc) is 2.73. The van der Waals surface area contributed by atoms with Crippen LogP contribution in [0.1, 0.15) is 68.9 Å². The number of carbonyl (C=O) groups excluding carboxylic acids is 1. The molecule has 1 amide bonds. The van der Waals surface area contributed by atoms with Crippen LogP contribution in [-0.4, -0.2) is 30.4 Å². The van der Waals surface area contributed by atoms with Crippen molar-refractivity contribution in [3.63, 3.8) is 0 Å². The van der Waals surface area contributed by atoms with Crippen molar-refractivity contribution in [2.75, 3.05) is 25.0 Å². The summed E-state index contributed by atoms with van der Waals surface area (Å²) >= 11 is 1.63. The number of fused-ring (bicyclic) bond motifs is 1. The summed E-state index contributed by atoms with van der Waals surface area (Å²) in [6.07, 6.45) is 8.00. The van der Waals surface area contributed by atoms with E-state index < -0.39 is 0 Å². The van der Waals surface area contributed by atoms with Crippen molar-refractivity contribution in [1.29, 1.82) is 5.26 Å². The number of carbonyl (C=O) groups is 1. The molecule has 0 aromatic carbocycles. The third-order valence-electron chi connectivity index (χ3n) is 5.92. The Morgan fingerprint density at radius 1 is 1.27 bits per heavy atom. The number of rotatable bonds is 3. The van der Waals surface area contributed by atoms with E-state index in [2.05, 4.69) is 37.1 Å². The van der Waals surface area contributed by atoms with Crippen molar-refractivity contribution in [3.8, 4) is 6.07 Å². The van der Waals surface area contributed by atoms with Crippen LogP contribution in [0.2, 0.25) is 0 Å². The predicted octanol–water partition coefficient (Wildman–Crippen LogP) is 4.59. The first-order valence-corrected chi connectivity index (χ1v) is 10.8. The van der Waals surface area contributed by atoms with E-state index in [-0.39, 0.29) is 11.3 Å². The van der Waals surface area contributed by atoms with Crippen LogP contribution >= 0.6 is 11.3 Å². The number of hydrogen-bond donors (Lipinski definition) is 1. The Balaban J connectivity index is 1.70. The summed E-state index contributed by atoms with van der Waals surface area (Å²) in [6.45, 7) is 9.35. The summed E-state index contributed by atoms with van der Waals surface area (Å²) in [5.41, 5.74) is 2.18. The molecule has 1 saturated heterocycles. The van der Waals surface area contributed by atoms with Crippen LogP contribution in [0.5, 0.6) is 0 Å². The van der Waals surface area contributed by atoms with Crippen LogP contribution in [0.15, 0.2) is 0 Å². The molecule has 2 heterocycles. The monoisotopic (exact) mass is 373 g/mol. The summed E-state index contributed by atoms with van der Waals surface area (Å²) in [7, 11) is 0. The standard InChI is InChI=1S/C21H31N3OS/c1-21(2,3)15-8-9-16-17(13-22)20(26-18(16)12-15)23-19(25)14-24-10-6-4-5-7-11-24/h15H,4-12,14H2,1-3H3,(H,23,25)/t15-/m1/s1. The van der Waals surface area contributed by atoms with Crippen molar-refractivity contribution < 1.29 is 4.79 Å². The average molecular weight is 374 g/mol. The molecule has 1 aliphatic heterocycles. The van der Waals surface area contributed by atoms with Gasteiger partial charge in [0.05, 0.1) is 12.1 Å². The van der Waals surface area contributed by atoms with Gasteiger partial charge in [-0.05, 0) is 62.1 Å². The van der Waals surface area contributed by atoms with E-state index in [1.165, 1.54) is 36.1 Å². The minimum absolute atomic E-state index is 0.0226. The molecule has 142 valence electrons. The molecule has 1 aliphatic carbocycles. The summed E-state index contributed by atoms with van der Waals surface area (Å²) in [6, 6.07) is 2.36. The number of nitriles is 1. The summed E-state index contributed by atoms with van der Waals surface area (Å²) in [4.78, 5) is 16.1. The second kappa shape index (κ2) is 8.10. The maximum Gasteiger partial charge on any atom is 0.239 e. The highest BCUT2D eigenvalue weighted by atomic mass is 32.1. The van der Waals surface area contributed by atoms with Gasteiger partial charge in [0.2, 0.25) is 5.91 Å². The van der Waals surface area contributed by atoms with Gasteiger partial charge in [-0.2, -0.15) is 5.26 Å². The van der Waals surface area contributed by atoms with Gasteiger partial charge in [-0.25, -0.2) is 0 Å². The Hall–Kier alpha value is -1.38. The summed E-state index contributed by atoms with van der Waals surface area (Å²) in [5.74, 6) is 0.662. The van der Waals surface area contributed by atoms with Crippen molar-refractivity contribution in [2.45, 2.75) is 65.7 Å². The Bertz CT molecular complexity index is 687. The first-order chi connectivity index (χ1) is 12.4. The number of anilines is 1. The maximum atomic E-state index is 12.5. The number of amides is 1. The van der Waals surface area contributed by atoms with Gasteiger partial charge < -0.3 is 5.32 Å². The van der Waals surface area contributed by atoms with Gasteiger partial charge in [-0.3, -0.25) is 9.69 Å². The van der Waals surface area contributed by atoms with Gasteiger partial charge in [-0.15, -0.1) is 11.3 Å². The van der Waals surface area contributed by atoms with E-state index in [9.17, 15) is 10.1 Å². The zero-order valence-corrected chi connectivity index (χ0v) is 17.2. The van der Waals surface area contributed by atoms with Gasteiger partial charge in [-0.1, -0.05) is 33.6 Å². The highest BCUT2D eigenvalue weighted by molar-refractivity contribution is 7.16. The van der Waals surface area contributed by atoms with E-state index in [1.807, 2.05) is 0 Å². The SMILES string of the molecule is CC(C)(C)[C@@H]1CCc2c(sc(NC(=O)CN3CCCCCC3)c2C#N)C1. The molecular formula is C21H31N3OS. The molecule has 0 bridgehead atoms. The van der Waals surface area contributed by atoms with Crippen molar-refractivity contribution >= 4 is 22.2 Å². The van der Waals surface area contributed by atoms with Crippen molar-refractivity contribution in [1.82, 2.24) is 4.90 Å². The fraction of sp³-hybridized carbons (Fsp3) is 0.714. The highest BCUT2D eigenvalue weighted by Crippen LogP contribution is 2.43. The summed E-state index contributed by atoms with van der Waals surface area (Å²) in [5, 5.41) is 13.5. The first-order valence-electron chi connectivity index (χ1n) is 9.95. The molecule has 1 fully saturated rings. The van der Waals surface area contributed by atoms with E-state index in [0.29, 0.717) is 18.0 Å². The molecule has 3 rings (SSSR count). The van der Waals surface area contributed by atoms with Crippen LogP contribution in [0, 0.1) is 22.7 Å². The molecule has 0 saturated carbocycles. The molecule has 2 aliphatic rings. The molecule has 1 aromatic heterocycles. The Morgan fingerprint density at radius 3 is 2.58 bits per heavy atom. The minimum atomic E-state index is 0.0226. The van der Waals surface area contributed by atoms with Crippen LogP contribution in [0.4, 0.5) is 5.00 Å². The first kappa shape index (κ1) is 19.4. The Kier molecular flexibility index (Phi) is 6.04. The maximum absolute atomic E-state index is 12.5. The van der Waals surface area contributed by atoms with Crippen molar-refractivity contribution in [2.24, 2.45) is 11.3 Å². The number of nitrogens with zero attached hydrogens (tertiary/aromatic N) is 2. The van der Waals surface area contributed by atoms with Crippen LogP contribution in [0.25, 0.3) is 0 Å². The molecule has 0 unspecified atom stereocenters. The smallest absolute Gasteiger partial charge is 0.239 e. The molecule has 26 heavy (non-hydrogen) atoms. The van der Waals surface area contributed by atoms with Crippen LogP contribution in [0.3, 0.4) is 0 Å². The topological polar surface area (TPSA) is 56.1 Å². The van der Waals surface area contributed by atoms with Crippen LogP contribution in [-0.2, 0) is 17.6 Å². The molecule has 0 spiro atoms.